The molecular weight excluding hydrogens is 382 g/mol. The topological polar surface area (TPSA) is 83.1 Å². The number of nitrogens with one attached hydrogen (secondary N) is 1. The van der Waals surface area contributed by atoms with Gasteiger partial charge in [-0.1, -0.05) is 0 Å². The number of anilines is 1. The van der Waals surface area contributed by atoms with E-state index < -0.39 is 5.97 Å². The summed E-state index contributed by atoms with van der Waals surface area (Å²) < 4.78 is 20.7. The molecule has 1 aromatic heterocycles. The molecule has 0 radical (unpaired) electrons. The van der Waals surface area contributed by atoms with Gasteiger partial charge in [-0.25, -0.2) is 4.79 Å². The minimum absolute atomic E-state index is 0.375. The molecule has 0 aliphatic carbocycles. The van der Waals surface area contributed by atoms with Crippen molar-refractivity contribution in [1.82, 2.24) is 0 Å². The first kappa shape index (κ1) is 21.3. The Hall–Kier alpha value is -3.00. The Labute approximate surface area is 167 Å². The summed E-state index contributed by atoms with van der Waals surface area (Å²) in [6, 6.07) is 3.45. The minimum Gasteiger partial charge on any atom is -0.493 e. The summed E-state index contributed by atoms with van der Waals surface area (Å²) >= 11 is 1.33. The van der Waals surface area contributed by atoms with Crippen molar-refractivity contribution in [3.63, 3.8) is 0 Å². The lowest BCUT2D eigenvalue weighted by atomic mass is 10.1. The van der Waals surface area contributed by atoms with E-state index in [1.807, 2.05) is 13.8 Å². The molecule has 1 heterocycles. The molecule has 0 spiro atoms. The molecule has 8 heteroatoms. The van der Waals surface area contributed by atoms with Crippen LogP contribution >= 0.6 is 11.3 Å². The number of methoxy groups -OCH3 is 4. The standard InChI is InChI=1S/C20H23NO6S/c1-11-12(2)28-19(17(11)20(23)27-6)21-16(22)8-7-13-9-14(24-3)18(26-5)15(10-13)25-4/h7-10H,1-6H3,(H,21,22)/b8-7+. The van der Waals surface area contributed by atoms with Gasteiger partial charge in [0.15, 0.2) is 11.5 Å². The van der Waals surface area contributed by atoms with Crippen LogP contribution in [0.3, 0.4) is 0 Å². The van der Waals surface area contributed by atoms with Gasteiger partial charge < -0.3 is 24.3 Å². The normalized spacial score (nSPS) is 10.6. The highest BCUT2D eigenvalue weighted by Crippen LogP contribution is 2.38. The number of ether oxygens (including phenoxy) is 4. The van der Waals surface area contributed by atoms with Crippen LogP contribution in [0, 0.1) is 13.8 Å². The van der Waals surface area contributed by atoms with Gasteiger partial charge in [-0.3, -0.25) is 4.79 Å². The summed E-state index contributed by atoms with van der Waals surface area (Å²) in [6.45, 7) is 3.70. The predicted molar refractivity (Wildman–Crippen MR) is 109 cm³/mol. The number of hydrogen-bond donors (Lipinski definition) is 1. The molecule has 2 rings (SSSR count). The SMILES string of the molecule is COC(=O)c1c(NC(=O)/C=C/c2cc(OC)c(OC)c(OC)c2)sc(C)c1C. The number of thiophene rings is 1. The van der Waals surface area contributed by atoms with Crippen molar-refractivity contribution >= 4 is 34.3 Å². The third-order valence-electron chi connectivity index (χ3n) is 4.13. The Morgan fingerprint density at radius 2 is 1.61 bits per heavy atom. The van der Waals surface area contributed by atoms with Gasteiger partial charge >= 0.3 is 5.97 Å². The lowest BCUT2D eigenvalue weighted by Crippen LogP contribution is -2.11. The van der Waals surface area contributed by atoms with Crippen LogP contribution < -0.4 is 19.5 Å². The summed E-state index contributed by atoms with van der Waals surface area (Å²) in [7, 11) is 5.87. The van der Waals surface area contributed by atoms with Gasteiger partial charge in [0.05, 0.1) is 34.0 Å². The van der Waals surface area contributed by atoms with Crippen molar-refractivity contribution in [2.75, 3.05) is 33.8 Å². The summed E-state index contributed by atoms with van der Waals surface area (Å²) in [5.41, 5.74) is 1.86. The highest BCUT2D eigenvalue weighted by molar-refractivity contribution is 7.16. The van der Waals surface area contributed by atoms with Crippen molar-refractivity contribution in [2.45, 2.75) is 13.8 Å². The average Bonchev–Trinajstić information content (AvgIpc) is 2.97. The number of aryl methyl sites for hydroxylation is 1. The first-order valence-corrected chi connectivity index (χ1v) is 9.15. The van der Waals surface area contributed by atoms with Crippen LogP contribution in [0.25, 0.3) is 6.08 Å². The second-order valence-corrected chi connectivity index (χ2v) is 6.98. The molecule has 7 nitrogen and oxygen atoms in total. The molecule has 2 aromatic rings. The van der Waals surface area contributed by atoms with Gasteiger partial charge in [-0.15, -0.1) is 11.3 Å². The summed E-state index contributed by atoms with van der Waals surface area (Å²) in [6.07, 6.45) is 2.98. The Kier molecular flexibility index (Phi) is 7.06. The van der Waals surface area contributed by atoms with Gasteiger partial charge in [0.1, 0.15) is 5.00 Å². The molecule has 150 valence electrons. The fourth-order valence-electron chi connectivity index (χ4n) is 2.59. The van der Waals surface area contributed by atoms with Crippen molar-refractivity contribution in [3.8, 4) is 17.2 Å². The molecule has 0 aliphatic heterocycles. The lowest BCUT2D eigenvalue weighted by Gasteiger charge is -2.12. The summed E-state index contributed by atoms with van der Waals surface area (Å²) in [4.78, 5) is 25.3. The Morgan fingerprint density at radius 3 is 2.11 bits per heavy atom. The van der Waals surface area contributed by atoms with Crippen LogP contribution in [0.1, 0.15) is 26.4 Å². The molecule has 0 unspecified atom stereocenters. The molecule has 0 fully saturated rings. The van der Waals surface area contributed by atoms with E-state index >= 15 is 0 Å². The smallest absolute Gasteiger partial charge is 0.341 e. The Morgan fingerprint density at radius 1 is 1.00 bits per heavy atom. The maximum Gasteiger partial charge on any atom is 0.341 e. The van der Waals surface area contributed by atoms with Crippen molar-refractivity contribution in [3.05, 3.63) is 39.8 Å². The van der Waals surface area contributed by atoms with E-state index in [0.29, 0.717) is 33.4 Å². The molecular formula is C20H23NO6S. The van der Waals surface area contributed by atoms with Gasteiger partial charge in [-0.05, 0) is 43.2 Å². The molecule has 0 aliphatic rings. The number of carbonyl (C=O) groups is 2. The van der Waals surface area contributed by atoms with Gasteiger partial charge in [0, 0.05) is 11.0 Å². The maximum absolute atomic E-state index is 12.4. The van der Waals surface area contributed by atoms with E-state index in [0.717, 1.165) is 10.4 Å². The van der Waals surface area contributed by atoms with Crippen molar-refractivity contribution in [2.24, 2.45) is 0 Å². The van der Waals surface area contributed by atoms with E-state index in [1.165, 1.54) is 45.9 Å². The van der Waals surface area contributed by atoms with Crippen LogP contribution in [0.15, 0.2) is 18.2 Å². The van der Waals surface area contributed by atoms with E-state index in [-0.39, 0.29) is 5.91 Å². The number of carbonyl (C=O) groups excluding carboxylic acids is 2. The Bertz CT molecular complexity index is 891. The van der Waals surface area contributed by atoms with Crippen LogP contribution in [-0.2, 0) is 9.53 Å². The quantitative estimate of drug-likeness (QED) is 0.557. The van der Waals surface area contributed by atoms with Crippen LogP contribution in [-0.4, -0.2) is 40.3 Å². The van der Waals surface area contributed by atoms with E-state index in [4.69, 9.17) is 18.9 Å². The average molecular weight is 405 g/mol. The monoisotopic (exact) mass is 405 g/mol. The van der Waals surface area contributed by atoms with E-state index in [9.17, 15) is 9.59 Å². The molecule has 1 amide bonds. The van der Waals surface area contributed by atoms with Crippen molar-refractivity contribution < 1.29 is 28.5 Å². The van der Waals surface area contributed by atoms with E-state index in [1.54, 1.807) is 18.2 Å². The molecule has 1 aromatic carbocycles. The number of benzene rings is 1. The first-order chi connectivity index (χ1) is 13.4. The van der Waals surface area contributed by atoms with E-state index in [2.05, 4.69) is 5.32 Å². The third-order valence-corrected chi connectivity index (χ3v) is 5.25. The zero-order valence-electron chi connectivity index (χ0n) is 16.7. The zero-order chi connectivity index (χ0) is 20.8. The summed E-state index contributed by atoms with van der Waals surface area (Å²) in [5.74, 6) is 0.587. The second kappa shape index (κ2) is 9.27. The maximum atomic E-state index is 12.4. The molecule has 28 heavy (non-hydrogen) atoms. The first-order valence-electron chi connectivity index (χ1n) is 8.33. The fourth-order valence-corrected chi connectivity index (χ4v) is 3.64. The van der Waals surface area contributed by atoms with Crippen LogP contribution in [0.2, 0.25) is 0 Å². The van der Waals surface area contributed by atoms with Crippen LogP contribution in [0.5, 0.6) is 17.2 Å². The number of esters is 1. The van der Waals surface area contributed by atoms with Gasteiger partial charge in [0.25, 0.3) is 0 Å². The lowest BCUT2D eigenvalue weighted by molar-refractivity contribution is -0.111. The zero-order valence-corrected chi connectivity index (χ0v) is 17.5. The van der Waals surface area contributed by atoms with Crippen LogP contribution in [0.4, 0.5) is 5.00 Å². The highest BCUT2D eigenvalue weighted by atomic mass is 32.1. The Balaban J connectivity index is 2.26. The molecule has 0 saturated carbocycles. The number of hydrogen-bond acceptors (Lipinski definition) is 7. The third kappa shape index (κ3) is 4.45. The summed E-state index contributed by atoms with van der Waals surface area (Å²) in [5, 5.41) is 3.20. The van der Waals surface area contributed by atoms with Gasteiger partial charge in [-0.2, -0.15) is 0 Å². The predicted octanol–water partition coefficient (Wildman–Crippen LogP) is 3.83. The molecule has 0 bridgehead atoms. The van der Waals surface area contributed by atoms with Crippen molar-refractivity contribution in [1.29, 1.82) is 0 Å². The number of rotatable bonds is 7. The second-order valence-electron chi connectivity index (χ2n) is 5.76. The minimum atomic E-state index is -0.481. The van der Waals surface area contributed by atoms with Gasteiger partial charge in [0.2, 0.25) is 11.7 Å². The molecule has 1 N–H and O–H groups in total. The highest BCUT2D eigenvalue weighted by Gasteiger charge is 2.21. The largest absolute Gasteiger partial charge is 0.493 e. The molecule has 0 saturated heterocycles. The number of amides is 1. The fraction of sp³-hybridized carbons (Fsp3) is 0.300. The molecule has 0 atom stereocenters.